The molecule has 9 nitrogen and oxygen atoms in total. The molecule has 0 bridgehead atoms. The van der Waals surface area contributed by atoms with Crippen LogP contribution in [-0.4, -0.2) is 30.1 Å². The van der Waals surface area contributed by atoms with Crippen LogP contribution in [0.25, 0.3) is 27.7 Å². The molecule has 0 saturated heterocycles. The van der Waals surface area contributed by atoms with E-state index in [1.165, 1.54) is 23.9 Å². The summed E-state index contributed by atoms with van der Waals surface area (Å²) in [5, 5.41) is 0.328. The maximum absolute atomic E-state index is 13.4. The Labute approximate surface area is 213 Å². The van der Waals surface area contributed by atoms with Crippen molar-refractivity contribution in [1.29, 1.82) is 0 Å². The number of hydrogen-bond acceptors (Lipinski definition) is 7. The summed E-state index contributed by atoms with van der Waals surface area (Å²) in [5.74, 6) is 0.0183. The zero-order valence-electron chi connectivity index (χ0n) is 20.0. The molecule has 0 spiro atoms. The fourth-order valence-electron chi connectivity index (χ4n) is 4.03. The third-order valence-electron chi connectivity index (χ3n) is 5.93. The molecule has 186 valence electrons. The van der Waals surface area contributed by atoms with E-state index in [2.05, 4.69) is 14.7 Å². The van der Waals surface area contributed by atoms with E-state index in [-0.39, 0.29) is 22.3 Å². The number of ether oxygens (including phenoxy) is 1. The van der Waals surface area contributed by atoms with Gasteiger partial charge in [0.1, 0.15) is 4.90 Å². The largest absolute Gasteiger partial charge is 0.480 e. The lowest BCUT2D eigenvalue weighted by Gasteiger charge is -2.14. The number of benzene rings is 3. The molecular formula is C27H23N5O4S. The number of rotatable bonds is 6. The van der Waals surface area contributed by atoms with E-state index in [0.717, 1.165) is 5.56 Å². The predicted molar refractivity (Wildman–Crippen MR) is 144 cm³/mol. The van der Waals surface area contributed by atoms with E-state index in [1.54, 1.807) is 54.6 Å². The van der Waals surface area contributed by atoms with Crippen molar-refractivity contribution >= 4 is 32.6 Å². The van der Waals surface area contributed by atoms with Gasteiger partial charge in [-0.2, -0.15) is 0 Å². The molecule has 0 unspecified atom stereocenters. The lowest BCUT2D eigenvalue weighted by molar-refractivity contribution is 0.385. The van der Waals surface area contributed by atoms with Crippen LogP contribution in [0.5, 0.6) is 5.88 Å². The van der Waals surface area contributed by atoms with E-state index in [9.17, 15) is 13.2 Å². The third-order valence-corrected chi connectivity index (χ3v) is 7.29. The highest BCUT2D eigenvalue weighted by atomic mass is 32.2. The van der Waals surface area contributed by atoms with Gasteiger partial charge in [-0.1, -0.05) is 42.5 Å². The quantitative estimate of drug-likeness (QED) is 0.349. The number of nitrogens with one attached hydrogen (secondary N) is 1. The Morgan fingerprint density at radius 2 is 1.68 bits per heavy atom. The predicted octanol–water partition coefficient (Wildman–Crippen LogP) is 4.15. The van der Waals surface area contributed by atoms with Gasteiger partial charge in [0, 0.05) is 11.8 Å². The van der Waals surface area contributed by atoms with Crippen LogP contribution in [0.4, 0.5) is 11.6 Å². The van der Waals surface area contributed by atoms with Crippen LogP contribution in [0.15, 0.2) is 94.7 Å². The van der Waals surface area contributed by atoms with Gasteiger partial charge in [0.15, 0.2) is 0 Å². The summed E-state index contributed by atoms with van der Waals surface area (Å²) in [5.41, 5.74) is 9.05. The van der Waals surface area contributed by atoms with E-state index in [0.29, 0.717) is 33.4 Å². The molecule has 0 amide bonds. The van der Waals surface area contributed by atoms with Crippen LogP contribution in [-0.2, 0) is 10.0 Å². The fourth-order valence-corrected chi connectivity index (χ4v) is 5.31. The molecule has 0 aliphatic heterocycles. The van der Waals surface area contributed by atoms with Crippen molar-refractivity contribution in [3.8, 4) is 22.7 Å². The van der Waals surface area contributed by atoms with Crippen molar-refractivity contribution < 1.29 is 13.2 Å². The molecule has 5 rings (SSSR count). The number of nitrogens with zero attached hydrogens (tertiary/aromatic N) is 3. The monoisotopic (exact) mass is 513 g/mol. The highest BCUT2D eigenvalue weighted by Crippen LogP contribution is 2.31. The van der Waals surface area contributed by atoms with Crippen LogP contribution in [0, 0.1) is 6.92 Å². The average Bonchev–Trinajstić information content (AvgIpc) is 2.90. The molecule has 5 aromatic rings. The second kappa shape index (κ2) is 9.40. The molecule has 0 atom stereocenters. The van der Waals surface area contributed by atoms with Crippen LogP contribution in [0.1, 0.15) is 5.56 Å². The second-order valence-corrected chi connectivity index (χ2v) is 9.98. The van der Waals surface area contributed by atoms with Crippen molar-refractivity contribution in [2.45, 2.75) is 11.8 Å². The molecule has 0 radical (unpaired) electrons. The minimum absolute atomic E-state index is 0.0495. The van der Waals surface area contributed by atoms with Crippen molar-refractivity contribution in [3.05, 3.63) is 101 Å². The lowest BCUT2D eigenvalue weighted by atomic mass is 10.1. The summed E-state index contributed by atoms with van der Waals surface area (Å²) >= 11 is 0. The summed E-state index contributed by atoms with van der Waals surface area (Å²) in [7, 11) is -2.69. The molecule has 3 aromatic carbocycles. The van der Waals surface area contributed by atoms with Crippen molar-refractivity contribution in [3.63, 3.8) is 0 Å². The Balaban J connectivity index is 1.63. The minimum atomic E-state index is -4.04. The lowest BCUT2D eigenvalue weighted by Crippen LogP contribution is -2.23. The summed E-state index contributed by atoms with van der Waals surface area (Å²) in [4.78, 5) is 21.9. The molecule has 0 aliphatic carbocycles. The van der Waals surface area contributed by atoms with Gasteiger partial charge in [-0.05, 0) is 54.4 Å². The molecule has 0 saturated carbocycles. The van der Waals surface area contributed by atoms with Gasteiger partial charge in [-0.3, -0.25) is 9.52 Å². The number of aromatic nitrogens is 3. The normalized spacial score (nSPS) is 11.4. The van der Waals surface area contributed by atoms with E-state index in [4.69, 9.17) is 10.5 Å². The standard InChI is InChI=1S/C27H23N5O4S/c1-17-8-6-7-11-22(17)31-37(34,35)24-15-19(16-29-25(24)36-2)18-12-13-23-21(14-18)26(33)32(27(28)30-23)20-9-4-3-5-10-20/h3-16,31H,1-2H3,(H2,28,30). The molecule has 2 heterocycles. The summed E-state index contributed by atoms with van der Waals surface area (Å²) < 4.78 is 35.8. The van der Waals surface area contributed by atoms with Crippen molar-refractivity contribution in [2.24, 2.45) is 0 Å². The average molecular weight is 514 g/mol. The number of sulfonamides is 1. The van der Waals surface area contributed by atoms with Crippen LogP contribution >= 0.6 is 0 Å². The topological polar surface area (TPSA) is 129 Å². The Bertz CT molecular complexity index is 1800. The van der Waals surface area contributed by atoms with E-state index < -0.39 is 10.0 Å². The second-order valence-electron chi connectivity index (χ2n) is 8.33. The van der Waals surface area contributed by atoms with Gasteiger partial charge < -0.3 is 10.5 Å². The van der Waals surface area contributed by atoms with Gasteiger partial charge in [-0.15, -0.1) is 0 Å². The first kappa shape index (κ1) is 24.0. The Kier molecular flexibility index (Phi) is 6.10. The summed E-state index contributed by atoms with van der Waals surface area (Å²) in [6.07, 6.45) is 1.49. The van der Waals surface area contributed by atoms with Crippen molar-refractivity contribution in [1.82, 2.24) is 14.5 Å². The van der Waals surface area contributed by atoms with Gasteiger partial charge in [0.05, 0.1) is 29.4 Å². The number of pyridine rings is 1. The van der Waals surface area contributed by atoms with Crippen LogP contribution in [0.2, 0.25) is 0 Å². The van der Waals surface area contributed by atoms with Gasteiger partial charge in [0.2, 0.25) is 11.8 Å². The van der Waals surface area contributed by atoms with Crippen LogP contribution in [0.3, 0.4) is 0 Å². The number of anilines is 2. The molecule has 37 heavy (non-hydrogen) atoms. The number of methoxy groups -OCH3 is 1. The summed E-state index contributed by atoms with van der Waals surface area (Å²) in [6.45, 7) is 1.81. The first-order valence-electron chi connectivity index (χ1n) is 11.3. The maximum Gasteiger partial charge on any atom is 0.267 e. The molecule has 3 N–H and O–H groups in total. The SMILES string of the molecule is COc1ncc(-c2ccc3nc(N)n(-c4ccccc4)c(=O)c3c2)cc1S(=O)(=O)Nc1ccccc1C. The zero-order valence-corrected chi connectivity index (χ0v) is 20.9. The van der Waals surface area contributed by atoms with Crippen molar-refractivity contribution in [2.75, 3.05) is 17.6 Å². The van der Waals surface area contributed by atoms with E-state index in [1.807, 2.05) is 25.1 Å². The fraction of sp³-hybridized carbons (Fsp3) is 0.0741. The minimum Gasteiger partial charge on any atom is -0.480 e. The summed E-state index contributed by atoms with van der Waals surface area (Å²) in [6, 6.07) is 22.5. The molecule has 10 heteroatoms. The third kappa shape index (κ3) is 4.50. The number of nitrogen functional groups attached to an aromatic ring is 1. The van der Waals surface area contributed by atoms with E-state index >= 15 is 0 Å². The molecule has 2 aromatic heterocycles. The Morgan fingerprint density at radius 1 is 0.946 bits per heavy atom. The number of hydrogen-bond donors (Lipinski definition) is 2. The highest BCUT2D eigenvalue weighted by Gasteiger charge is 2.23. The number of nitrogens with two attached hydrogens (primary N) is 1. The first-order chi connectivity index (χ1) is 17.8. The first-order valence-corrected chi connectivity index (χ1v) is 12.8. The van der Waals surface area contributed by atoms with Gasteiger partial charge in [0.25, 0.3) is 15.6 Å². The molecular weight excluding hydrogens is 490 g/mol. The molecule has 0 aliphatic rings. The number of aryl methyl sites for hydroxylation is 1. The van der Waals surface area contributed by atoms with Crippen LogP contribution < -0.4 is 20.8 Å². The molecule has 0 fully saturated rings. The number of para-hydroxylation sites is 2. The zero-order chi connectivity index (χ0) is 26.2. The van der Waals surface area contributed by atoms with Gasteiger partial charge in [-0.25, -0.2) is 23.0 Å². The highest BCUT2D eigenvalue weighted by molar-refractivity contribution is 7.92. The Morgan fingerprint density at radius 3 is 2.41 bits per heavy atom. The smallest absolute Gasteiger partial charge is 0.267 e. The number of fused-ring (bicyclic) bond motifs is 1. The Hall–Kier alpha value is -4.70. The maximum atomic E-state index is 13.4. The van der Waals surface area contributed by atoms with Gasteiger partial charge >= 0.3 is 0 Å².